The topological polar surface area (TPSA) is 141 Å². The average molecular weight is 346 g/mol. The van der Waals surface area contributed by atoms with E-state index in [1.165, 1.54) is 6.21 Å². The summed E-state index contributed by atoms with van der Waals surface area (Å²) in [6, 6.07) is 7.21. The quantitative estimate of drug-likeness (QED) is 0.404. The van der Waals surface area contributed by atoms with Crippen LogP contribution in [0.1, 0.15) is 19.4 Å². The number of hydrogen-bond acceptors (Lipinski definition) is 7. The molecule has 1 amide bonds. The van der Waals surface area contributed by atoms with Gasteiger partial charge in [-0.25, -0.2) is 15.3 Å². The third-order valence-electron chi connectivity index (χ3n) is 2.78. The van der Waals surface area contributed by atoms with Crippen molar-refractivity contribution >= 4 is 17.9 Å². The Hall–Kier alpha value is -3.43. The molecule has 0 bridgehead atoms. The Labute approximate surface area is 142 Å². The number of hydrogen-bond donors (Lipinski definition) is 4. The van der Waals surface area contributed by atoms with Crippen molar-refractivity contribution in [3.8, 4) is 5.75 Å². The molecule has 0 saturated heterocycles. The number of nitrogens with one attached hydrogen (secondary N) is 4. The number of anilines is 1. The van der Waals surface area contributed by atoms with Gasteiger partial charge in [-0.15, -0.1) is 5.10 Å². The van der Waals surface area contributed by atoms with Crippen LogP contribution >= 0.6 is 0 Å². The molecule has 0 aliphatic heterocycles. The van der Waals surface area contributed by atoms with Crippen molar-refractivity contribution in [3.05, 3.63) is 50.7 Å². The number of benzene rings is 1. The van der Waals surface area contributed by atoms with Crippen LogP contribution in [0, 0.1) is 0 Å². The number of aromatic amines is 2. The van der Waals surface area contributed by atoms with Crippen molar-refractivity contribution in [1.82, 2.24) is 20.6 Å². The number of nitrogens with zero attached hydrogens (tertiary/aromatic N) is 2. The smallest absolute Gasteiger partial charge is 0.342 e. The van der Waals surface area contributed by atoms with Gasteiger partial charge in [-0.1, -0.05) is 0 Å². The number of carbonyl (C=O) groups excluding carboxylic acids is 1. The maximum absolute atomic E-state index is 11.6. The molecule has 1 aromatic carbocycles. The number of amides is 1. The summed E-state index contributed by atoms with van der Waals surface area (Å²) in [4.78, 5) is 35.8. The molecule has 132 valence electrons. The summed E-state index contributed by atoms with van der Waals surface area (Å²) in [6.45, 7) is 3.64. The van der Waals surface area contributed by atoms with Gasteiger partial charge in [0, 0.05) is 0 Å². The lowest BCUT2D eigenvalue weighted by atomic mass is 10.2. The van der Waals surface area contributed by atoms with E-state index < -0.39 is 17.2 Å². The molecule has 0 saturated carbocycles. The maximum atomic E-state index is 11.6. The Morgan fingerprint density at radius 3 is 2.68 bits per heavy atom. The highest BCUT2D eigenvalue weighted by atomic mass is 16.5. The molecule has 0 aliphatic carbocycles. The van der Waals surface area contributed by atoms with Gasteiger partial charge < -0.3 is 10.1 Å². The molecule has 25 heavy (non-hydrogen) atoms. The van der Waals surface area contributed by atoms with Crippen LogP contribution in [0.5, 0.6) is 5.75 Å². The van der Waals surface area contributed by atoms with E-state index >= 15 is 0 Å². The van der Waals surface area contributed by atoms with Gasteiger partial charge in [0.05, 0.1) is 18.9 Å². The van der Waals surface area contributed by atoms with Gasteiger partial charge in [-0.3, -0.25) is 14.6 Å². The lowest BCUT2D eigenvalue weighted by Crippen LogP contribution is -2.31. The van der Waals surface area contributed by atoms with Crippen LogP contribution < -0.4 is 26.7 Å². The Morgan fingerprint density at radius 1 is 1.32 bits per heavy atom. The minimum atomic E-state index is -0.727. The van der Waals surface area contributed by atoms with Gasteiger partial charge in [0.2, 0.25) is 5.82 Å². The number of ether oxygens (including phenoxy) is 1. The molecular formula is C15H18N6O4. The monoisotopic (exact) mass is 346 g/mol. The number of aromatic nitrogens is 3. The number of H-pyrrole nitrogens is 2. The van der Waals surface area contributed by atoms with Crippen LogP contribution in [0.25, 0.3) is 0 Å². The van der Waals surface area contributed by atoms with Crippen molar-refractivity contribution in [3.63, 3.8) is 0 Å². The predicted octanol–water partition coefficient (Wildman–Crippen LogP) is -0.192. The number of carbonyl (C=O) groups is 1. The van der Waals surface area contributed by atoms with Crippen molar-refractivity contribution in [1.29, 1.82) is 0 Å². The fourth-order valence-electron chi connectivity index (χ4n) is 1.75. The second kappa shape index (κ2) is 8.43. The first-order chi connectivity index (χ1) is 11.9. The first-order valence-corrected chi connectivity index (χ1v) is 7.45. The Kier molecular flexibility index (Phi) is 6.04. The fraction of sp³-hybridized carbons (Fsp3) is 0.267. The Balaban J connectivity index is 1.81. The Bertz CT molecular complexity index is 853. The van der Waals surface area contributed by atoms with Crippen molar-refractivity contribution < 1.29 is 9.53 Å². The highest BCUT2D eigenvalue weighted by molar-refractivity contribution is 5.84. The van der Waals surface area contributed by atoms with Gasteiger partial charge in [0.25, 0.3) is 11.5 Å². The zero-order chi connectivity index (χ0) is 18.2. The third-order valence-corrected chi connectivity index (χ3v) is 2.78. The van der Waals surface area contributed by atoms with Crippen LogP contribution in [-0.2, 0) is 4.79 Å². The van der Waals surface area contributed by atoms with Crippen LogP contribution in [0.4, 0.5) is 5.82 Å². The van der Waals surface area contributed by atoms with Crippen molar-refractivity contribution in [2.75, 3.05) is 11.9 Å². The summed E-state index contributed by atoms with van der Waals surface area (Å²) in [5, 5.41) is 11.8. The number of hydrazone groups is 1. The van der Waals surface area contributed by atoms with Crippen molar-refractivity contribution in [2.45, 2.75) is 20.0 Å². The molecule has 0 spiro atoms. The van der Waals surface area contributed by atoms with Gasteiger partial charge in [-0.2, -0.15) is 5.10 Å². The van der Waals surface area contributed by atoms with Gasteiger partial charge in [0.1, 0.15) is 5.75 Å². The van der Waals surface area contributed by atoms with E-state index in [1.54, 1.807) is 24.3 Å². The second-order valence-corrected chi connectivity index (χ2v) is 5.24. The highest BCUT2D eigenvalue weighted by Crippen LogP contribution is 2.12. The van der Waals surface area contributed by atoms with E-state index in [0.29, 0.717) is 0 Å². The molecular weight excluding hydrogens is 328 g/mol. The summed E-state index contributed by atoms with van der Waals surface area (Å²) < 4.78 is 5.52. The summed E-state index contributed by atoms with van der Waals surface area (Å²) in [6.07, 6.45) is 1.57. The summed E-state index contributed by atoms with van der Waals surface area (Å²) >= 11 is 0. The predicted molar refractivity (Wildman–Crippen MR) is 91.9 cm³/mol. The molecule has 0 atom stereocenters. The summed E-state index contributed by atoms with van der Waals surface area (Å²) in [5.41, 5.74) is 1.64. The molecule has 1 heterocycles. The van der Waals surface area contributed by atoms with E-state index in [2.05, 4.69) is 26.0 Å². The number of rotatable bonds is 7. The van der Waals surface area contributed by atoms with E-state index in [0.717, 1.165) is 11.3 Å². The Morgan fingerprint density at radius 2 is 2.04 bits per heavy atom. The van der Waals surface area contributed by atoms with Gasteiger partial charge in [-0.05, 0) is 43.7 Å². The minimum Gasteiger partial charge on any atom is -0.491 e. The van der Waals surface area contributed by atoms with Gasteiger partial charge >= 0.3 is 5.69 Å². The first kappa shape index (κ1) is 17.9. The van der Waals surface area contributed by atoms with E-state index in [4.69, 9.17) is 4.74 Å². The lowest BCUT2D eigenvalue weighted by molar-refractivity contribution is -0.119. The SMILES string of the molecule is CC(C)Oc1ccc(/C=N/NC(=O)CNc2n[nH]c(=O)[nH]c2=O)cc1. The molecule has 0 aliphatic rings. The maximum Gasteiger partial charge on any atom is 0.342 e. The second-order valence-electron chi connectivity index (χ2n) is 5.24. The van der Waals surface area contributed by atoms with Crippen LogP contribution in [0.3, 0.4) is 0 Å². The lowest BCUT2D eigenvalue weighted by Gasteiger charge is -2.09. The molecule has 4 N–H and O–H groups in total. The molecule has 2 rings (SSSR count). The third kappa shape index (κ3) is 5.94. The van der Waals surface area contributed by atoms with Crippen LogP contribution in [0.2, 0.25) is 0 Å². The fourth-order valence-corrected chi connectivity index (χ4v) is 1.75. The highest BCUT2D eigenvalue weighted by Gasteiger charge is 2.04. The molecule has 10 nitrogen and oxygen atoms in total. The first-order valence-electron chi connectivity index (χ1n) is 7.45. The molecule has 0 radical (unpaired) electrons. The minimum absolute atomic E-state index is 0.0930. The molecule has 1 aromatic heterocycles. The summed E-state index contributed by atoms with van der Waals surface area (Å²) in [7, 11) is 0. The molecule has 10 heteroatoms. The van der Waals surface area contributed by atoms with Gasteiger partial charge in [0.15, 0.2) is 0 Å². The van der Waals surface area contributed by atoms with E-state index in [9.17, 15) is 14.4 Å². The zero-order valence-electron chi connectivity index (χ0n) is 13.7. The molecule has 2 aromatic rings. The van der Waals surface area contributed by atoms with Crippen LogP contribution in [-0.4, -0.2) is 40.0 Å². The molecule has 0 unspecified atom stereocenters. The average Bonchev–Trinajstić information content (AvgIpc) is 2.55. The molecule has 0 fully saturated rings. The van der Waals surface area contributed by atoms with Crippen LogP contribution in [0.15, 0.2) is 39.0 Å². The zero-order valence-corrected chi connectivity index (χ0v) is 13.7. The largest absolute Gasteiger partial charge is 0.491 e. The normalized spacial score (nSPS) is 10.8. The van der Waals surface area contributed by atoms with E-state index in [1.807, 2.05) is 18.8 Å². The summed E-state index contributed by atoms with van der Waals surface area (Å²) in [5.74, 6) is 0.0990. The standard InChI is InChI=1S/C15H18N6O4/c1-9(2)25-11-5-3-10(4-6-11)7-17-19-12(22)8-16-13-14(23)18-15(24)21-20-13/h3-7,9H,8H2,1-2H3,(H,16,20)(H,19,22)(H2,18,21,23,24)/b17-7+. The van der Waals surface area contributed by atoms with Crippen molar-refractivity contribution in [2.24, 2.45) is 5.10 Å². The van der Waals surface area contributed by atoms with E-state index in [-0.39, 0.29) is 18.5 Å².